The van der Waals surface area contributed by atoms with Crippen molar-refractivity contribution in [2.45, 2.75) is 40.2 Å². The van der Waals surface area contributed by atoms with Crippen molar-refractivity contribution in [3.8, 4) is 22.7 Å². The van der Waals surface area contributed by atoms with Crippen molar-refractivity contribution >= 4 is 5.91 Å². The van der Waals surface area contributed by atoms with E-state index in [9.17, 15) is 4.79 Å². The fourth-order valence-corrected chi connectivity index (χ4v) is 4.37. The molecule has 5 rings (SSSR count). The summed E-state index contributed by atoms with van der Waals surface area (Å²) in [6.07, 6.45) is 2.40. The van der Waals surface area contributed by atoms with Crippen molar-refractivity contribution in [2.75, 3.05) is 6.54 Å². The molecule has 0 saturated heterocycles. The summed E-state index contributed by atoms with van der Waals surface area (Å²) in [5.41, 5.74) is 8.25. The molecular weight excluding hydrogens is 426 g/mol. The first-order valence-electron chi connectivity index (χ1n) is 11.4. The minimum absolute atomic E-state index is 0.113. The third-order valence-electron chi connectivity index (χ3n) is 6.00. The van der Waals surface area contributed by atoms with Crippen LogP contribution in [0.25, 0.3) is 16.9 Å². The molecule has 1 N–H and O–H groups in total. The summed E-state index contributed by atoms with van der Waals surface area (Å²) >= 11 is 0. The molecule has 1 atom stereocenters. The average molecular weight is 454 g/mol. The van der Waals surface area contributed by atoms with Crippen LogP contribution in [0.15, 0.2) is 54.7 Å². The topological polar surface area (TPSA) is 81.9 Å². The summed E-state index contributed by atoms with van der Waals surface area (Å²) in [4.78, 5) is 21.9. The maximum Gasteiger partial charge on any atom is 0.251 e. The number of ether oxygens (including phenoxy) is 1. The Morgan fingerprint density at radius 1 is 1.09 bits per heavy atom. The molecule has 1 amide bonds. The second-order valence-electron chi connectivity index (χ2n) is 8.81. The second-order valence-corrected chi connectivity index (χ2v) is 8.81. The van der Waals surface area contributed by atoms with Crippen molar-refractivity contribution in [2.24, 2.45) is 0 Å². The number of carbonyl (C=O) groups is 1. The van der Waals surface area contributed by atoms with Crippen LogP contribution in [0.4, 0.5) is 0 Å². The third-order valence-corrected chi connectivity index (χ3v) is 6.00. The maximum absolute atomic E-state index is 12.8. The molecule has 0 aliphatic carbocycles. The molecule has 3 heterocycles. The van der Waals surface area contributed by atoms with Gasteiger partial charge in [0.1, 0.15) is 11.9 Å². The molecule has 2 aromatic carbocycles. The van der Waals surface area contributed by atoms with E-state index >= 15 is 0 Å². The Morgan fingerprint density at radius 3 is 2.74 bits per heavy atom. The minimum Gasteiger partial charge on any atom is -0.488 e. The molecule has 0 bridgehead atoms. The largest absolute Gasteiger partial charge is 0.488 e. The second kappa shape index (κ2) is 8.74. The van der Waals surface area contributed by atoms with Crippen molar-refractivity contribution < 1.29 is 9.53 Å². The number of amides is 1. The zero-order valence-electron chi connectivity index (χ0n) is 19.8. The minimum atomic E-state index is -0.130. The van der Waals surface area contributed by atoms with Crippen molar-refractivity contribution in [3.05, 3.63) is 88.6 Å². The molecule has 4 aromatic rings. The van der Waals surface area contributed by atoms with E-state index in [-0.39, 0.29) is 12.0 Å². The number of hydrogen-bond acceptors (Lipinski definition) is 5. The van der Waals surface area contributed by atoms with Crippen LogP contribution in [0.2, 0.25) is 0 Å². The zero-order chi connectivity index (χ0) is 23.8. The van der Waals surface area contributed by atoms with Crippen LogP contribution in [0.1, 0.15) is 38.7 Å². The lowest BCUT2D eigenvalue weighted by Crippen LogP contribution is -2.34. The Bertz CT molecular complexity index is 1390. The molecule has 0 radical (unpaired) electrons. The highest BCUT2D eigenvalue weighted by Crippen LogP contribution is 2.33. The smallest absolute Gasteiger partial charge is 0.251 e. The lowest BCUT2D eigenvalue weighted by atomic mass is 10.0. The van der Waals surface area contributed by atoms with Crippen LogP contribution in [-0.4, -0.2) is 38.3 Å². The van der Waals surface area contributed by atoms with E-state index in [1.807, 2.05) is 74.8 Å². The number of nitrogens with zero attached hydrogens (tertiary/aromatic N) is 4. The number of carbonyl (C=O) groups excluding carboxylic acids is 1. The molecule has 7 nitrogen and oxygen atoms in total. The fourth-order valence-electron chi connectivity index (χ4n) is 4.37. The highest BCUT2D eigenvalue weighted by atomic mass is 16.5. The number of aromatic nitrogens is 4. The van der Waals surface area contributed by atoms with Crippen LogP contribution in [0.3, 0.4) is 0 Å². The summed E-state index contributed by atoms with van der Waals surface area (Å²) in [5.74, 6) is 0.724. The predicted molar refractivity (Wildman–Crippen MR) is 130 cm³/mol. The summed E-state index contributed by atoms with van der Waals surface area (Å²) in [5, 5.41) is 7.53. The van der Waals surface area contributed by atoms with Gasteiger partial charge in [-0.25, -0.2) is 9.67 Å². The fraction of sp³-hybridized carbons (Fsp3) is 0.259. The Labute approximate surface area is 198 Å². The van der Waals surface area contributed by atoms with Gasteiger partial charge in [-0.15, -0.1) is 0 Å². The van der Waals surface area contributed by atoms with Gasteiger partial charge in [-0.05, 0) is 75.7 Å². The average Bonchev–Trinajstić information content (AvgIpc) is 3.40. The van der Waals surface area contributed by atoms with Crippen LogP contribution < -0.4 is 10.1 Å². The quantitative estimate of drug-likeness (QED) is 0.487. The molecular formula is C27H27N5O2. The first kappa shape index (κ1) is 21.8. The standard InChI is InChI=1S/C27H27N5O2/c1-16-10-18(3)32(31-16)23-7-5-6-21(12-23)27(33)29-15-24-13-22-11-20(8-9-25(22)34-24)26-19(4)28-14-17(2)30-26/h5-12,14,24H,13,15H2,1-4H3,(H,29,33). The van der Waals surface area contributed by atoms with Gasteiger partial charge in [-0.2, -0.15) is 5.10 Å². The Hall–Kier alpha value is -4.00. The van der Waals surface area contributed by atoms with Gasteiger partial charge in [0, 0.05) is 29.4 Å². The number of benzene rings is 2. The van der Waals surface area contributed by atoms with Gasteiger partial charge in [-0.1, -0.05) is 6.07 Å². The monoisotopic (exact) mass is 453 g/mol. The Kier molecular flexibility index (Phi) is 5.61. The third kappa shape index (κ3) is 4.29. The summed E-state index contributed by atoms with van der Waals surface area (Å²) < 4.78 is 7.93. The molecule has 0 fully saturated rings. The Morgan fingerprint density at radius 2 is 1.94 bits per heavy atom. The molecule has 0 saturated carbocycles. The highest BCUT2D eigenvalue weighted by molar-refractivity contribution is 5.94. The molecule has 172 valence electrons. The molecule has 1 aliphatic rings. The highest BCUT2D eigenvalue weighted by Gasteiger charge is 2.24. The number of rotatable bonds is 5. The van der Waals surface area contributed by atoms with Gasteiger partial charge in [0.25, 0.3) is 5.91 Å². The predicted octanol–water partition coefficient (Wildman–Crippen LogP) is 4.30. The van der Waals surface area contributed by atoms with E-state index in [0.29, 0.717) is 12.1 Å². The van der Waals surface area contributed by atoms with E-state index in [1.165, 1.54) is 0 Å². The molecule has 34 heavy (non-hydrogen) atoms. The van der Waals surface area contributed by atoms with E-state index in [2.05, 4.69) is 26.4 Å². The van der Waals surface area contributed by atoms with Gasteiger partial charge < -0.3 is 10.1 Å². The first-order valence-corrected chi connectivity index (χ1v) is 11.4. The van der Waals surface area contributed by atoms with Gasteiger partial charge in [0.2, 0.25) is 0 Å². The molecule has 0 spiro atoms. The van der Waals surface area contributed by atoms with Gasteiger partial charge in [0.05, 0.1) is 35.0 Å². The van der Waals surface area contributed by atoms with Crippen molar-refractivity contribution in [1.82, 2.24) is 25.1 Å². The lowest BCUT2D eigenvalue weighted by molar-refractivity contribution is 0.0933. The maximum atomic E-state index is 12.8. The van der Waals surface area contributed by atoms with E-state index < -0.39 is 0 Å². The van der Waals surface area contributed by atoms with Crippen LogP contribution in [0.5, 0.6) is 5.75 Å². The van der Waals surface area contributed by atoms with Gasteiger partial charge in [-0.3, -0.25) is 9.78 Å². The number of hydrogen-bond donors (Lipinski definition) is 1. The molecule has 2 aromatic heterocycles. The summed E-state index contributed by atoms with van der Waals surface area (Å²) in [7, 11) is 0. The number of aryl methyl sites for hydroxylation is 4. The van der Waals surface area contributed by atoms with Crippen LogP contribution in [-0.2, 0) is 6.42 Å². The lowest BCUT2D eigenvalue weighted by Gasteiger charge is -2.12. The molecule has 1 aliphatic heterocycles. The van der Waals surface area contributed by atoms with Crippen LogP contribution >= 0.6 is 0 Å². The van der Waals surface area contributed by atoms with Crippen molar-refractivity contribution in [3.63, 3.8) is 0 Å². The van der Waals surface area contributed by atoms with Crippen LogP contribution in [0, 0.1) is 27.7 Å². The number of nitrogens with one attached hydrogen (secondary N) is 1. The normalized spacial score (nSPS) is 14.5. The first-order chi connectivity index (χ1) is 16.4. The molecule has 7 heteroatoms. The van der Waals surface area contributed by atoms with Crippen molar-refractivity contribution in [1.29, 1.82) is 0 Å². The van der Waals surface area contributed by atoms with Gasteiger partial charge >= 0.3 is 0 Å². The molecule has 1 unspecified atom stereocenters. The summed E-state index contributed by atoms with van der Waals surface area (Å²) in [6, 6.07) is 15.6. The summed E-state index contributed by atoms with van der Waals surface area (Å²) in [6.45, 7) is 8.29. The van der Waals surface area contributed by atoms with E-state index in [4.69, 9.17) is 4.74 Å². The van der Waals surface area contributed by atoms with E-state index in [0.717, 1.165) is 57.5 Å². The SMILES string of the molecule is Cc1cnc(C)c(-c2ccc3c(c2)CC(CNC(=O)c2cccc(-n4nc(C)cc4C)c2)O3)n1. The van der Waals surface area contributed by atoms with E-state index in [1.54, 1.807) is 6.20 Å². The zero-order valence-corrected chi connectivity index (χ0v) is 19.8. The Balaban J connectivity index is 1.25. The number of fused-ring (bicyclic) bond motifs is 1. The van der Waals surface area contributed by atoms with Gasteiger partial charge in [0.15, 0.2) is 0 Å².